The number of anilines is 1. The van der Waals surface area contributed by atoms with E-state index in [-0.39, 0.29) is 12.6 Å². The molecule has 0 amide bonds. The van der Waals surface area contributed by atoms with Crippen LogP contribution < -0.4 is 4.90 Å². The molecule has 10 heteroatoms. The third kappa shape index (κ3) is 3.07. The maximum Gasteiger partial charge on any atom is 0.323 e. The minimum Gasteiger partial charge on any atom is -0.480 e. The van der Waals surface area contributed by atoms with Crippen LogP contribution in [0.1, 0.15) is 12.8 Å². The second kappa shape index (κ2) is 6.82. The second-order valence-corrected chi connectivity index (χ2v) is 7.12. The summed E-state index contributed by atoms with van der Waals surface area (Å²) in [6, 6.07) is 7.78. The zero-order valence-electron chi connectivity index (χ0n) is 15.5. The van der Waals surface area contributed by atoms with E-state index >= 15 is 0 Å². The Labute approximate surface area is 165 Å². The Morgan fingerprint density at radius 1 is 1.17 bits per heavy atom. The number of aliphatic hydroxyl groups excluding tert-OH is 1. The molecule has 148 valence electrons. The van der Waals surface area contributed by atoms with Crippen molar-refractivity contribution in [1.82, 2.24) is 29.3 Å². The second-order valence-electron chi connectivity index (χ2n) is 7.12. The molecular formula is C19H19N7O3. The first-order valence-electron chi connectivity index (χ1n) is 9.41. The van der Waals surface area contributed by atoms with E-state index in [1.807, 2.05) is 29.2 Å². The minimum atomic E-state index is -0.975. The number of rotatable bonds is 4. The van der Waals surface area contributed by atoms with Gasteiger partial charge in [0.15, 0.2) is 17.0 Å². The topological polar surface area (TPSA) is 122 Å². The first kappa shape index (κ1) is 17.6. The summed E-state index contributed by atoms with van der Waals surface area (Å²) in [7, 11) is 0. The van der Waals surface area contributed by atoms with Crippen molar-refractivity contribution < 1.29 is 15.0 Å². The lowest BCUT2D eigenvalue weighted by Crippen LogP contribution is -2.37. The average molecular weight is 393 g/mol. The van der Waals surface area contributed by atoms with E-state index in [0.29, 0.717) is 48.9 Å². The van der Waals surface area contributed by atoms with Crippen molar-refractivity contribution in [2.45, 2.75) is 25.5 Å². The van der Waals surface area contributed by atoms with Crippen molar-refractivity contribution in [3.05, 3.63) is 36.8 Å². The van der Waals surface area contributed by atoms with E-state index in [4.69, 9.17) is 4.98 Å². The minimum absolute atomic E-state index is 0.245. The van der Waals surface area contributed by atoms with Crippen LogP contribution in [0.2, 0.25) is 0 Å². The summed E-state index contributed by atoms with van der Waals surface area (Å²) in [5.41, 5.74) is 1.80. The molecule has 1 saturated heterocycles. The monoisotopic (exact) mass is 393 g/mol. The van der Waals surface area contributed by atoms with E-state index < -0.39 is 5.97 Å². The molecule has 0 saturated carbocycles. The number of para-hydroxylation sites is 1. The summed E-state index contributed by atoms with van der Waals surface area (Å²) < 4.78 is 3.20. The molecule has 0 bridgehead atoms. The van der Waals surface area contributed by atoms with Gasteiger partial charge in [-0.15, -0.1) is 0 Å². The number of aliphatic hydroxyl groups is 1. The van der Waals surface area contributed by atoms with Crippen LogP contribution in [0, 0.1) is 0 Å². The zero-order chi connectivity index (χ0) is 20.0. The normalized spacial score (nSPS) is 15.4. The molecule has 10 nitrogen and oxygen atoms in total. The lowest BCUT2D eigenvalue weighted by molar-refractivity contribution is -0.137. The summed E-state index contributed by atoms with van der Waals surface area (Å²) in [4.78, 5) is 27.0. The summed E-state index contributed by atoms with van der Waals surface area (Å²) in [5.74, 6) is 0.00391. The predicted octanol–water partition coefficient (Wildman–Crippen LogP) is 1.21. The number of aromatic nitrogens is 6. The average Bonchev–Trinajstić information content (AvgIpc) is 3.32. The molecular weight excluding hydrogens is 374 g/mol. The molecule has 0 unspecified atom stereocenters. The first-order valence-corrected chi connectivity index (χ1v) is 9.41. The number of hydrogen-bond donors (Lipinski definition) is 2. The number of benzene rings is 1. The lowest BCUT2D eigenvalue weighted by Gasteiger charge is -2.29. The third-order valence-corrected chi connectivity index (χ3v) is 5.16. The number of hydrogen-bond acceptors (Lipinski definition) is 7. The third-order valence-electron chi connectivity index (χ3n) is 5.16. The molecule has 0 aliphatic carbocycles. The molecule has 1 fully saturated rings. The number of carboxylic acid groups (broad SMARTS) is 1. The number of carbonyl (C=O) groups is 1. The Bertz CT molecular complexity index is 1210. The SMILES string of the molecule is O=C(O)Cn1cnc2c(-n3ncc4ccccc43)nc(N3CCC(O)CC3)nc21. The highest BCUT2D eigenvalue weighted by molar-refractivity contribution is 5.86. The predicted molar refractivity (Wildman–Crippen MR) is 105 cm³/mol. The van der Waals surface area contributed by atoms with Crippen molar-refractivity contribution in [2.24, 2.45) is 0 Å². The Kier molecular flexibility index (Phi) is 4.13. The van der Waals surface area contributed by atoms with Crippen molar-refractivity contribution >= 4 is 34.0 Å². The molecule has 4 aromatic rings. The number of carboxylic acids is 1. The highest BCUT2D eigenvalue weighted by Gasteiger charge is 2.23. The van der Waals surface area contributed by atoms with Gasteiger partial charge < -0.3 is 19.7 Å². The maximum absolute atomic E-state index is 11.3. The van der Waals surface area contributed by atoms with Gasteiger partial charge in [0.2, 0.25) is 5.95 Å². The molecule has 0 spiro atoms. The summed E-state index contributed by atoms with van der Waals surface area (Å²) >= 11 is 0. The smallest absolute Gasteiger partial charge is 0.323 e. The van der Waals surface area contributed by atoms with Gasteiger partial charge in [0, 0.05) is 18.5 Å². The summed E-state index contributed by atoms with van der Waals surface area (Å²) in [6.45, 7) is 1.00. The number of fused-ring (bicyclic) bond motifs is 2. The first-order chi connectivity index (χ1) is 14.1. The van der Waals surface area contributed by atoms with Gasteiger partial charge in [-0.1, -0.05) is 18.2 Å². The van der Waals surface area contributed by atoms with Crippen LogP contribution in [-0.4, -0.2) is 64.7 Å². The molecule has 0 radical (unpaired) electrons. The van der Waals surface area contributed by atoms with Gasteiger partial charge >= 0.3 is 5.97 Å². The number of piperidine rings is 1. The van der Waals surface area contributed by atoms with Crippen LogP contribution in [0.5, 0.6) is 0 Å². The standard InChI is InChI=1S/C19H19N7O3/c27-13-5-7-24(8-6-13)19-22-17-16(20-11-25(17)10-15(28)29)18(23-19)26-14-4-2-1-3-12(14)9-21-26/h1-4,9,11,13,27H,5-8,10H2,(H,28,29). The molecule has 4 heterocycles. The van der Waals surface area contributed by atoms with E-state index in [2.05, 4.69) is 15.1 Å². The highest BCUT2D eigenvalue weighted by atomic mass is 16.4. The molecule has 2 N–H and O–H groups in total. The fourth-order valence-corrected chi connectivity index (χ4v) is 3.68. The van der Waals surface area contributed by atoms with Gasteiger partial charge in [-0.05, 0) is 18.9 Å². The maximum atomic E-state index is 11.3. The van der Waals surface area contributed by atoms with Crippen LogP contribution in [-0.2, 0) is 11.3 Å². The molecule has 1 aliphatic heterocycles. The number of imidazole rings is 1. The molecule has 3 aromatic heterocycles. The van der Waals surface area contributed by atoms with Crippen LogP contribution in [0.4, 0.5) is 5.95 Å². The largest absolute Gasteiger partial charge is 0.480 e. The molecule has 0 atom stereocenters. The number of nitrogens with zero attached hydrogens (tertiary/aromatic N) is 7. The van der Waals surface area contributed by atoms with Crippen molar-refractivity contribution in [1.29, 1.82) is 0 Å². The van der Waals surface area contributed by atoms with Crippen LogP contribution in [0.25, 0.3) is 27.9 Å². The highest BCUT2D eigenvalue weighted by Crippen LogP contribution is 2.26. The van der Waals surface area contributed by atoms with E-state index in [0.717, 1.165) is 10.9 Å². The van der Waals surface area contributed by atoms with Gasteiger partial charge in [-0.2, -0.15) is 15.1 Å². The van der Waals surface area contributed by atoms with E-state index in [9.17, 15) is 15.0 Å². The van der Waals surface area contributed by atoms with Gasteiger partial charge in [0.25, 0.3) is 0 Å². The fraction of sp³-hybridized carbons (Fsp3) is 0.316. The van der Waals surface area contributed by atoms with Crippen molar-refractivity contribution in [3.8, 4) is 5.82 Å². The van der Waals surface area contributed by atoms with Gasteiger partial charge in [0.1, 0.15) is 6.54 Å². The van der Waals surface area contributed by atoms with Crippen LogP contribution in [0.15, 0.2) is 36.8 Å². The number of aliphatic carboxylic acids is 1. The Balaban J connectivity index is 1.71. The zero-order valence-corrected chi connectivity index (χ0v) is 15.5. The van der Waals surface area contributed by atoms with Crippen LogP contribution >= 0.6 is 0 Å². The Morgan fingerprint density at radius 3 is 2.76 bits per heavy atom. The molecule has 5 rings (SSSR count). The Hall–Kier alpha value is -3.53. The van der Waals surface area contributed by atoms with Crippen molar-refractivity contribution in [3.63, 3.8) is 0 Å². The van der Waals surface area contributed by atoms with E-state index in [1.165, 1.54) is 10.9 Å². The van der Waals surface area contributed by atoms with Crippen LogP contribution in [0.3, 0.4) is 0 Å². The van der Waals surface area contributed by atoms with Gasteiger partial charge in [0.05, 0.1) is 24.1 Å². The van der Waals surface area contributed by atoms with Gasteiger partial charge in [-0.3, -0.25) is 4.79 Å². The molecule has 1 aromatic carbocycles. The quantitative estimate of drug-likeness (QED) is 0.531. The lowest BCUT2D eigenvalue weighted by atomic mass is 10.1. The van der Waals surface area contributed by atoms with E-state index in [1.54, 1.807) is 10.9 Å². The molecule has 29 heavy (non-hydrogen) atoms. The summed E-state index contributed by atoms with van der Waals surface area (Å²) in [5, 5.41) is 24.5. The Morgan fingerprint density at radius 2 is 1.97 bits per heavy atom. The van der Waals surface area contributed by atoms with Crippen molar-refractivity contribution in [2.75, 3.05) is 18.0 Å². The summed E-state index contributed by atoms with van der Waals surface area (Å²) in [6.07, 6.45) is 4.17. The fourth-order valence-electron chi connectivity index (χ4n) is 3.68. The molecule has 1 aliphatic rings. The van der Waals surface area contributed by atoms with Gasteiger partial charge in [-0.25, -0.2) is 9.67 Å².